The number of unbranched alkanes of at least 4 members (excludes halogenated alkanes) is 7. The molecule has 0 aromatic heterocycles. The molecule has 4 heteroatoms. The highest BCUT2D eigenvalue weighted by atomic mass is 35.5. The number of esters is 1. The first-order chi connectivity index (χ1) is 14.1. The third kappa shape index (κ3) is 11.1. The fourth-order valence-electron chi connectivity index (χ4n) is 3.33. The first kappa shape index (κ1) is 26.0. The summed E-state index contributed by atoms with van der Waals surface area (Å²) in [5, 5.41) is 0.693. The van der Waals surface area contributed by atoms with Gasteiger partial charge in [-0.15, -0.1) is 0 Å². The lowest BCUT2D eigenvalue weighted by Crippen LogP contribution is -2.11. The van der Waals surface area contributed by atoms with Crippen molar-refractivity contribution in [1.82, 2.24) is 0 Å². The molecule has 1 aliphatic carbocycles. The lowest BCUT2D eigenvalue weighted by molar-refractivity contribution is 0.0497. The summed E-state index contributed by atoms with van der Waals surface area (Å²) in [5.41, 5.74) is 1.72. The topological polar surface area (TPSA) is 35.5 Å². The van der Waals surface area contributed by atoms with Crippen molar-refractivity contribution in [3.05, 3.63) is 34.3 Å². The van der Waals surface area contributed by atoms with Crippen molar-refractivity contribution < 1.29 is 14.3 Å². The van der Waals surface area contributed by atoms with Gasteiger partial charge in [0.25, 0.3) is 0 Å². The molecule has 0 saturated heterocycles. The van der Waals surface area contributed by atoms with Crippen molar-refractivity contribution in [3.8, 4) is 0 Å². The van der Waals surface area contributed by atoms with E-state index in [0.29, 0.717) is 23.1 Å². The number of hydrogen-bond acceptors (Lipinski definition) is 3. The minimum absolute atomic E-state index is 0.279. The number of carbonyl (C=O) groups is 1. The van der Waals surface area contributed by atoms with Gasteiger partial charge in [-0.1, -0.05) is 76.5 Å². The van der Waals surface area contributed by atoms with Crippen molar-refractivity contribution in [2.75, 3.05) is 20.3 Å². The molecule has 1 aromatic rings. The average molecular weight is 425 g/mol. The highest BCUT2D eigenvalue weighted by Crippen LogP contribution is 2.39. The zero-order valence-electron chi connectivity index (χ0n) is 18.8. The molecule has 166 valence electrons. The van der Waals surface area contributed by atoms with E-state index in [4.69, 9.17) is 21.1 Å². The van der Waals surface area contributed by atoms with Crippen molar-refractivity contribution in [1.29, 1.82) is 0 Å². The SMILES string of the molecule is CCCCCCC.COCCCCCCOC(=O)c1ccc(C2CCC2)c(Cl)c1. The molecule has 0 heterocycles. The molecular formula is C25H41ClO3. The van der Waals surface area contributed by atoms with Crippen LogP contribution >= 0.6 is 11.6 Å². The standard InChI is InChI=1S/C18H25ClO3.C7H16/c1-21-11-4-2-3-5-12-22-18(20)15-9-10-16(17(19)13-15)14-7-6-8-14;1-3-5-7-6-4-2/h9-10,13-14H,2-8,11-12H2,1H3;3-7H2,1-2H3. The van der Waals surface area contributed by atoms with E-state index in [0.717, 1.165) is 32.3 Å². The lowest BCUT2D eigenvalue weighted by Gasteiger charge is -2.26. The van der Waals surface area contributed by atoms with E-state index in [2.05, 4.69) is 13.8 Å². The van der Waals surface area contributed by atoms with Gasteiger partial charge in [0.15, 0.2) is 0 Å². The van der Waals surface area contributed by atoms with Crippen LogP contribution in [-0.2, 0) is 9.47 Å². The Morgan fingerprint density at radius 3 is 2.10 bits per heavy atom. The largest absolute Gasteiger partial charge is 0.462 e. The molecule has 0 spiro atoms. The predicted molar refractivity (Wildman–Crippen MR) is 123 cm³/mol. The van der Waals surface area contributed by atoms with E-state index in [1.54, 1.807) is 13.2 Å². The Labute approximate surface area is 183 Å². The second kappa shape index (κ2) is 16.7. The van der Waals surface area contributed by atoms with Crippen molar-refractivity contribution in [2.45, 2.75) is 96.8 Å². The van der Waals surface area contributed by atoms with Crippen LogP contribution in [-0.4, -0.2) is 26.3 Å². The van der Waals surface area contributed by atoms with Crippen molar-refractivity contribution >= 4 is 17.6 Å². The number of benzene rings is 1. The van der Waals surface area contributed by atoms with E-state index < -0.39 is 0 Å². The summed E-state index contributed by atoms with van der Waals surface area (Å²) in [7, 11) is 1.71. The molecule has 1 aromatic carbocycles. The number of rotatable bonds is 13. The Hall–Kier alpha value is -1.06. The minimum Gasteiger partial charge on any atom is -0.462 e. The van der Waals surface area contributed by atoms with E-state index >= 15 is 0 Å². The number of hydrogen-bond donors (Lipinski definition) is 0. The summed E-state index contributed by atoms with van der Waals surface area (Å²) in [6.45, 7) is 5.75. The molecule has 0 amide bonds. The van der Waals surface area contributed by atoms with Gasteiger partial charge in [0.05, 0.1) is 12.2 Å². The summed E-state index contributed by atoms with van der Waals surface area (Å²) in [5.74, 6) is 0.295. The molecule has 0 aliphatic heterocycles. The summed E-state index contributed by atoms with van der Waals surface area (Å²) < 4.78 is 10.3. The van der Waals surface area contributed by atoms with E-state index in [-0.39, 0.29) is 5.97 Å². The smallest absolute Gasteiger partial charge is 0.338 e. The lowest BCUT2D eigenvalue weighted by atomic mass is 9.80. The molecular weight excluding hydrogens is 384 g/mol. The molecule has 3 nitrogen and oxygen atoms in total. The van der Waals surface area contributed by atoms with Crippen LogP contribution < -0.4 is 0 Å². The first-order valence-electron chi connectivity index (χ1n) is 11.6. The van der Waals surface area contributed by atoms with Crippen LogP contribution in [0.15, 0.2) is 18.2 Å². The second-order valence-electron chi connectivity index (χ2n) is 7.97. The van der Waals surface area contributed by atoms with Gasteiger partial charge in [-0.3, -0.25) is 0 Å². The molecule has 1 aliphatic rings. The van der Waals surface area contributed by atoms with Crippen LogP contribution in [0.2, 0.25) is 5.02 Å². The Morgan fingerprint density at radius 2 is 1.59 bits per heavy atom. The zero-order valence-corrected chi connectivity index (χ0v) is 19.6. The Bertz CT molecular complexity index is 551. The number of ether oxygens (including phenoxy) is 2. The number of halogens is 1. The summed E-state index contributed by atoms with van der Waals surface area (Å²) in [4.78, 5) is 12.0. The third-order valence-electron chi connectivity index (χ3n) is 5.46. The molecule has 0 atom stereocenters. The van der Waals surface area contributed by atoms with Crippen molar-refractivity contribution in [3.63, 3.8) is 0 Å². The van der Waals surface area contributed by atoms with Gasteiger partial charge >= 0.3 is 5.97 Å². The summed E-state index contributed by atoms with van der Waals surface area (Å²) in [6.07, 6.45) is 14.8. The van der Waals surface area contributed by atoms with Gasteiger partial charge < -0.3 is 9.47 Å². The van der Waals surface area contributed by atoms with E-state index in [1.165, 1.54) is 56.9 Å². The van der Waals surface area contributed by atoms with Crippen LogP contribution in [0.25, 0.3) is 0 Å². The summed E-state index contributed by atoms with van der Waals surface area (Å²) in [6, 6.07) is 5.56. The molecule has 0 N–H and O–H groups in total. The average Bonchev–Trinajstić information content (AvgIpc) is 2.68. The fourth-order valence-corrected chi connectivity index (χ4v) is 3.67. The van der Waals surface area contributed by atoms with Gasteiger partial charge in [0.2, 0.25) is 0 Å². The van der Waals surface area contributed by atoms with Crippen LogP contribution in [0.3, 0.4) is 0 Å². The van der Waals surface area contributed by atoms with Crippen LogP contribution in [0.4, 0.5) is 0 Å². The van der Waals surface area contributed by atoms with Crippen LogP contribution in [0.1, 0.15) is 113 Å². The molecule has 0 radical (unpaired) electrons. The third-order valence-corrected chi connectivity index (χ3v) is 5.79. The maximum absolute atomic E-state index is 12.0. The first-order valence-corrected chi connectivity index (χ1v) is 12.0. The normalized spacial score (nSPS) is 13.4. The molecule has 2 rings (SSSR count). The van der Waals surface area contributed by atoms with Gasteiger partial charge in [-0.05, 0) is 55.7 Å². The minimum atomic E-state index is -0.279. The number of carbonyl (C=O) groups excluding carboxylic acids is 1. The second-order valence-corrected chi connectivity index (χ2v) is 8.37. The molecule has 1 fully saturated rings. The van der Waals surface area contributed by atoms with Gasteiger partial charge in [-0.25, -0.2) is 4.79 Å². The molecule has 1 saturated carbocycles. The molecule has 29 heavy (non-hydrogen) atoms. The highest BCUT2D eigenvalue weighted by molar-refractivity contribution is 6.31. The maximum atomic E-state index is 12.0. The summed E-state index contributed by atoms with van der Waals surface area (Å²) >= 11 is 6.29. The quantitative estimate of drug-likeness (QED) is 0.238. The van der Waals surface area contributed by atoms with Gasteiger partial charge in [0, 0.05) is 18.7 Å². The molecule has 0 bridgehead atoms. The monoisotopic (exact) mass is 424 g/mol. The molecule has 0 unspecified atom stereocenters. The Balaban J connectivity index is 0.000000516. The van der Waals surface area contributed by atoms with Crippen molar-refractivity contribution in [2.24, 2.45) is 0 Å². The van der Waals surface area contributed by atoms with Gasteiger partial charge in [-0.2, -0.15) is 0 Å². The predicted octanol–water partition coefficient (Wildman–Crippen LogP) is 7.95. The van der Waals surface area contributed by atoms with E-state index in [1.807, 2.05) is 12.1 Å². The van der Waals surface area contributed by atoms with Crippen LogP contribution in [0, 0.1) is 0 Å². The number of methoxy groups -OCH3 is 1. The Kier molecular flexibility index (Phi) is 15.0. The fraction of sp³-hybridized carbons (Fsp3) is 0.720. The van der Waals surface area contributed by atoms with E-state index in [9.17, 15) is 4.79 Å². The van der Waals surface area contributed by atoms with Gasteiger partial charge in [0.1, 0.15) is 0 Å². The maximum Gasteiger partial charge on any atom is 0.338 e. The Morgan fingerprint density at radius 1 is 0.966 bits per heavy atom. The zero-order chi connectivity index (χ0) is 21.3. The highest BCUT2D eigenvalue weighted by Gasteiger charge is 2.22. The van der Waals surface area contributed by atoms with Crippen LogP contribution in [0.5, 0.6) is 0 Å².